The first-order valence-corrected chi connectivity index (χ1v) is 7.22. The molecule has 0 aromatic heterocycles. The van der Waals surface area contributed by atoms with Crippen molar-refractivity contribution < 1.29 is 9.59 Å². The molecule has 18 heavy (non-hydrogen) atoms. The monoisotopic (exact) mass is 252 g/mol. The van der Waals surface area contributed by atoms with Gasteiger partial charge in [0.25, 0.3) is 0 Å². The second-order valence-electron chi connectivity index (χ2n) is 5.81. The van der Waals surface area contributed by atoms with Gasteiger partial charge in [-0.25, -0.2) is 0 Å². The Labute approximate surface area is 109 Å². The standard InChI is InChI=1S/C14H24N2O2/c1-11-5-4-8-16(10-11)14(18)9-13(17)15-12-6-2-3-7-12/h11-12H,2-10H2,1H3,(H,15,17). The molecule has 2 aliphatic rings. The van der Waals surface area contributed by atoms with Crippen molar-refractivity contribution in [2.75, 3.05) is 13.1 Å². The number of nitrogens with one attached hydrogen (secondary N) is 1. The van der Waals surface area contributed by atoms with Crippen molar-refractivity contribution >= 4 is 11.8 Å². The van der Waals surface area contributed by atoms with Gasteiger partial charge in [-0.2, -0.15) is 0 Å². The van der Waals surface area contributed by atoms with Crippen molar-refractivity contribution in [3.05, 3.63) is 0 Å². The number of carbonyl (C=O) groups excluding carboxylic acids is 2. The third-order valence-electron chi connectivity index (χ3n) is 4.04. The van der Waals surface area contributed by atoms with Crippen LogP contribution in [0.5, 0.6) is 0 Å². The minimum absolute atomic E-state index is 0.00273. The average molecular weight is 252 g/mol. The normalized spacial score (nSPS) is 25.2. The predicted octanol–water partition coefficient (Wildman–Crippen LogP) is 1.69. The van der Waals surface area contributed by atoms with Crippen LogP contribution in [0.1, 0.15) is 51.9 Å². The summed E-state index contributed by atoms with van der Waals surface area (Å²) in [6.07, 6.45) is 6.82. The second-order valence-corrected chi connectivity index (χ2v) is 5.81. The van der Waals surface area contributed by atoms with Crippen molar-refractivity contribution in [1.82, 2.24) is 10.2 Å². The molecule has 1 N–H and O–H groups in total. The maximum Gasteiger partial charge on any atom is 0.232 e. The summed E-state index contributed by atoms with van der Waals surface area (Å²) < 4.78 is 0. The first-order chi connectivity index (χ1) is 8.65. The minimum Gasteiger partial charge on any atom is -0.353 e. The zero-order chi connectivity index (χ0) is 13.0. The van der Waals surface area contributed by atoms with E-state index in [1.54, 1.807) is 0 Å². The van der Waals surface area contributed by atoms with Crippen molar-refractivity contribution in [2.24, 2.45) is 5.92 Å². The molecule has 102 valence electrons. The van der Waals surface area contributed by atoms with Crippen LogP contribution in [-0.4, -0.2) is 35.8 Å². The quantitative estimate of drug-likeness (QED) is 0.777. The van der Waals surface area contributed by atoms with E-state index in [9.17, 15) is 9.59 Å². The Balaban J connectivity index is 1.73. The number of piperidine rings is 1. The van der Waals surface area contributed by atoms with E-state index >= 15 is 0 Å². The Morgan fingerprint density at radius 3 is 2.56 bits per heavy atom. The Bertz CT molecular complexity index is 311. The van der Waals surface area contributed by atoms with Gasteiger partial charge in [-0.3, -0.25) is 9.59 Å². The molecule has 1 saturated carbocycles. The minimum atomic E-state index is -0.0925. The fourth-order valence-electron chi connectivity index (χ4n) is 3.01. The third kappa shape index (κ3) is 3.72. The highest BCUT2D eigenvalue weighted by atomic mass is 16.2. The fourth-order valence-corrected chi connectivity index (χ4v) is 3.01. The first kappa shape index (κ1) is 13.4. The van der Waals surface area contributed by atoms with E-state index in [-0.39, 0.29) is 18.2 Å². The number of likely N-dealkylation sites (tertiary alicyclic amines) is 1. The van der Waals surface area contributed by atoms with Crippen LogP contribution in [0.4, 0.5) is 0 Å². The van der Waals surface area contributed by atoms with E-state index in [1.165, 1.54) is 19.3 Å². The molecular weight excluding hydrogens is 228 g/mol. The third-order valence-corrected chi connectivity index (χ3v) is 4.04. The van der Waals surface area contributed by atoms with Gasteiger partial charge >= 0.3 is 0 Å². The van der Waals surface area contributed by atoms with Gasteiger partial charge in [0.05, 0.1) is 0 Å². The lowest BCUT2D eigenvalue weighted by atomic mass is 10.00. The van der Waals surface area contributed by atoms with E-state index < -0.39 is 0 Å². The number of rotatable bonds is 3. The molecule has 0 radical (unpaired) electrons. The molecule has 1 saturated heterocycles. The molecule has 0 spiro atoms. The van der Waals surface area contributed by atoms with E-state index in [0.29, 0.717) is 12.0 Å². The van der Waals surface area contributed by atoms with E-state index in [1.807, 2.05) is 4.90 Å². The van der Waals surface area contributed by atoms with Gasteiger partial charge in [0.15, 0.2) is 0 Å². The number of nitrogens with zero attached hydrogens (tertiary/aromatic N) is 1. The molecule has 0 aromatic rings. The second kappa shape index (κ2) is 6.21. The SMILES string of the molecule is CC1CCCN(C(=O)CC(=O)NC2CCCC2)C1. The lowest BCUT2D eigenvalue weighted by molar-refractivity contribution is -0.137. The van der Waals surface area contributed by atoms with Crippen LogP contribution in [0.15, 0.2) is 0 Å². The van der Waals surface area contributed by atoms with Crippen LogP contribution < -0.4 is 5.32 Å². The summed E-state index contributed by atoms with van der Waals surface area (Å²) in [5.41, 5.74) is 0. The molecule has 1 atom stereocenters. The molecule has 1 unspecified atom stereocenters. The molecule has 2 amide bonds. The summed E-state index contributed by atoms with van der Waals surface area (Å²) in [6, 6.07) is 0.311. The van der Waals surface area contributed by atoms with Gasteiger partial charge in [-0.05, 0) is 31.6 Å². The Morgan fingerprint density at radius 1 is 1.17 bits per heavy atom. The first-order valence-electron chi connectivity index (χ1n) is 7.22. The van der Waals surface area contributed by atoms with Crippen LogP contribution in [0.2, 0.25) is 0 Å². The zero-order valence-corrected chi connectivity index (χ0v) is 11.3. The molecule has 2 rings (SSSR count). The molecule has 0 bridgehead atoms. The Kier molecular flexibility index (Phi) is 4.61. The predicted molar refractivity (Wildman–Crippen MR) is 70.0 cm³/mol. The fraction of sp³-hybridized carbons (Fsp3) is 0.857. The molecule has 1 aliphatic heterocycles. The smallest absolute Gasteiger partial charge is 0.232 e. The highest BCUT2D eigenvalue weighted by Gasteiger charge is 2.24. The molecule has 0 aromatic carbocycles. The van der Waals surface area contributed by atoms with E-state index in [2.05, 4.69) is 12.2 Å². The number of amides is 2. The van der Waals surface area contributed by atoms with Crippen LogP contribution in [0, 0.1) is 5.92 Å². The highest BCUT2D eigenvalue weighted by Crippen LogP contribution is 2.18. The topological polar surface area (TPSA) is 49.4 Å². The molecule has 2 fully saturated rings. The summed E-state index contributed by atoms with van der Waals surface area (Å²) in [5.74, 6) is 0.475. The van der Waals surface area contributed by atoms with Gasteiger partial charge in [0.2, 0.25) is 11.8 Å². The molecular formula is C14H24N2O2. The highest BCUT2D eigenvalue weighted by molar-refractivity contribution is 5.97. The van der Waals surface area contributed by atoms with Crippen molar-refractivity contribution in [3.63, 3.8) is 0 Å². The van der Waals surface area contributed by atoms with E-state index in [4.69, 9.17) is 0 Å². The van der Waals surface area contributed by atoms with Crippen molar-refractivity contribution in [2.45, 2.75) is 57.9 Å². The van der Waals surface area contributed by atoms with Gasteiger partial charge in [0, 0.05) is 19.1 Å². The largest absolute Gasteiger partial charge is 0.353 e. The zero-order valence-electron chi connectivity index (χ0n) is 11.3. The number of hydrogen-bond donors (Lipinski definition) is 1. The van der Waals surface area contributed by atoms with Gasteiger partial charge in [-0.15, -0.1) is 0 Å². The summed E-state index contributed by atoms with van der Waals surface area (Å²) in [7, 11) is 0. The Hall–Kier alpha value is -1.06. The molecule has 1 aliphatic carbocycles. The van der Waals surface area contributed by atoms with Gasteiger partial charge in [-0.1, -0.05) is 19.8 Å². The number of carbonyl (C=O) groups is 2. The average Bonchev–Trinajstić information content (AvgIpc) is 2.81. The molecule has 4 nitrogen and oxygen atoms in total. The van der Waals surface area contributed by atoms with Crippen molar-refractivity contribution in [3.8, 4) is 0 Å². The van der Waals surface area contributed by atoms with Gasteiger partial charge < -0.3 is 10.2 Å². The maximum atomic E-state index is 12.0. The lowest BCUT2D eigenvalue weighted by Crippen LogP contribution is -2.42. The summed E-state index contributed by atoms with van der Waals surface area (Å²) in [4.78, 5) is 25.6. The lowest BCUT2D eigenvalue weighted by Gasteiger charge is -2.30. The van der Waals surface area contributed by atoms with E-state index in [0.717, 1.165) is 32.4 Å². The molecule has 1 heterocycles. The van der Waals surface area contributed by atoms with Crippen LogP contribution in [-0.2, 0) is 9.59 Å². The maximum absolute atomic E-state index is 12.0. The van der Waals surface area contributed by atoms with Crippen LogP contribution in [0.25, 0.3) is 0 Å². The Morgan fingerprint density at radius 2 is 1.89 bits per heavy atom. The van der Waals surface area contributed by atoms with Crippen LogP contribution >= 0.6 is 0 Å². The summed E-state index contributed by atoms with van der Waals surface area (Å²) in [6.45, 7) is 3.80. The van der Waals surface area contributed by atoms with Crippen LogP contribution in [0.3, 0.4) is 0 Å². The molecule has 4 heteroatoms. The summed E-state index contributed by atoms with van der Waals surface area (Å²) >= 11 is 0. The van der Waals surface area contributed by atoms with Gasteiger partial charge in [0.1, 0.15) is 6.42 Å². The summed E-state index contributed by atoms with van der Waals surface area (Å²) in [5, 5.41) is 2.97. The van der Waals surface area contributed by atoms with Crippen molar-refractivity contribution in [1.29, 1.82) is 0 Å². The number of hydrogen-bond acceptors (Lipinski definition) is 2.